The number of benzene rings is 1. The van der Waals surface area contributed by atoms with Crippen LogP contribution in [-0.2, 0) is 17.1 Å². The molecule has 0 unspecified atom stereocenters. The van der Waals surface area contributed by atoms with Crippen molar-refractivity contribution in [1.82, 2.24) is 0 Å². The van der Waals surface area contributed by atoms with Crippen LogP contribution in [0.5, 0.6) is 5.75 Å². The van der Waals surface area contributed by atoms with E-state index in [-0.39, 0.29) is 34.1 Å². The number of hydrogen-bond donors (Lipinski definition) is 0. The molecule has 0 aromatic heterocycles. The smallest absolute Gasteiger partial charge is 0.872 e. The first-order valence-corrected chi connectivity index (χ1v) is 7.72. The zero-order chi connectivity index (χ0) is 18.1. The van der Waals surface area contributed by atoms with E-state index in [0.29, 0.717) is 0 Å². The van der Waals surface area contributed by atoms with Gasteiger partial charge in [-0.3, -0.25) is 0 Å². The van der Waals surface area contributed by atoms with Crippen molar-refractivity contribution >= 4 is 13.2 Å². The van der Waals surface area contributed by atoms with Crippen LogP contribution in [0.25, 0.3) is 5.76 Å². The van der Waals surface area contributed by atoms with Crippen LogP contribution in [0.2, 0.25) is 0 Å². The predicted molar refractivity (Wildman–Crippen MR) is 96.2 cm³/mol. The number of allylic oxidation sites excluding steroid dienone is 7. The van der Waals surface area contributed by atoms with Crippen LogP contribution in [0.15, 0.2) is 90.6 Å². The van der Waals surface area contributed by atoms with Crippen LogP contribution in [0, 0.1) is 6.92 Å². The molecule has 1 aliphatic rings. The van der Waals surface area contributed by atoms with Gasteiger partial charge in [0.05, 0.1) is 0 Å². The van der Waals surface area contributed by atoms with E-state index in [2.05, 4.69) is 4.65 Å². The molecule has 0 heterocycles. The van der Waals surface area contributed by atoms with Crippen molar-refractivity contribution in [3.8, 4) is 5.75 Å². The van der Waals surface area contributed by atoms with Crippen LogP contribution in [0.4, 0.5) is 8.63 Å². The second kappa shape index (κ2) is 11.2. The second-order valence-corrected chi connectivity index (χ2v) is 5.26. The largest absolute Gasteiger partial charge is 2.00 e. The molecule has 0 atom stereocenters. The summed E-state index contributed by atoms with van der Waals surface area (Å²) in [5, 5.41) is 12.0. The molecule has 2 nitrogen and oxygen atoms in total. The molecule has 0 N–H and O–H groups in total. The Labute approximate surface area is 163 Å². The quantitative estimate of drug-likeness (QED) is 0.436. The Morgan fingerprint density at radius 2 is 1.81 bits per heavy atom. The molecule has 2 aromatic rings. The maximum absolute atomic E-state index is 12.4. The van der Waals surface area contributed by atoms with E-state index in [1.807, 2.05) is 54.6 Å². The second-order valence-electron chi connectivity index (χ2n) is 5.26. The number of aryl methyl sites for hydroxylation is 1. The zero-order valence-corrected chi connectivity index (χ0v) is 15.2. The monoisotopic (exact) mass is 394 g/mol. The van der Waals surface area contributed by atoms with Gasteiger partial charge in [-0.1, -0.05) is 54.3 Å². The molecule has 3 rings (SSSR count). The Balaban J connectivity index is 0.000000486. The summed E-state index contributed by atoms with van der Waals surface area (Å²) in [7, 11) is -2.96. The van der Waals surface area contributed by atoms with Crippen molar-refractivity contribution < 1.29 is 35.5 Å². The third kappa shape index (κ3) is 7.22. The van der Waals surface area contributed by atoms with Gasteiger partial charge in [0.15, 0.2) is 0 Å². The van der Waals surface area contributed by atoms with Crippen molar-refractivity contribution in [3.05, 3.63) is 102 Å². The van der Waals surface area contributed by atoms with E-state index in [1.165, 1.54) is 18.2 Å². The molecular formula is C20H17BF2FeO2. The molecule has 0 radical (unpaired) electrons. The predicted octanol–water partition coefficient (Wildman–Crippen LogP) is 4.45. The standard InChI is InChI=1S/C15H13BF2O2.C5H5.Fe/c1-11-6-8-13(15(10-11)20-16(17)18)14(19)9-7-12-4-2-3-5-12;1-2-4-5-3-1;/h2-10,19H,1H3;1-5H;/q;-1;+2/p-1. The minimum Gasteiger partial charge on any atom is -0.872 e. The number of rotatable bonds is 4. The van der Waals surface area contributed by atoms with Gasteiger partial charge in [0.1, 0.15) is 5.75 Å². The summed E-state index contributed by atoms with van der Waals surface area (Å²) in [5.41, 5.74) is 1.75. The fourth-order valence-electron chi connectivity index (χ4n) is 2.11. The molecule has 2 aromatic carbocycles. The molecule has 0 saturated heterocycles. The van der Waals surface area contributed by atoms with Crippen LogP contribution in [0.1, 0.15) is 11.1 Å². The SMILES string of the molecule is Cc1ccc(C([O-])=CC=C2C=CC=C2)c(OB(F)F)c1.[Fe+2].c1cc[cH-]c1. The Bertz CT molecular complexity index is 763. The molecule has 0 saturated carbocycles. The van der Waals surface area contributed by atoms with E-state index < -0.39 is 7.47 Å². The normalized spacial score (nSPS) is 12.1. The summed E-state index contributed by atoms with van der Waals surface area (Å²) in [6, 6.07) is 14.6. The molecule has 134 valence electrons. The minimum absolute atomic E-state index is 0. The van der Waals surface area contributed by atoms with Gasteiger partial charge in [-0.05, 0) is 24.1 Å². The van der Waals surface area contributed by atoms with Crippen molar-refractivity contribution in [2.75, 3.05) is 0 Å². The Hall–Kier alpha value is -2.43. The van der Waals surface area contributed by atoms with Crippen molar-refractivity contribution in [1.29, 1.82) is 0 Å². The van der Waals surface area contributed by atoms with E-state index in [9.17, 15) is 13.7 Å². The first kappa shape index (κ1) is 21.6. The first-order chi connectivity index (χ1) is 12.1. The minimum atomic E-state index is -2.96. The fourth-order valence-corrected chi connectivity index (χ4v) is 2.11. The van der Waals surface area contributed by atoms with Gasteiger partial charge < -0.3 is 9.76 Å². The molecule has 0 aliphatic heterocycles. The molecular weight excluding hydrogens is 377 g/mol. The summed E-state index contributed by atoms with van der Waals surface area (Å²) in [6.07, 6.45) is 10.4. The summed E-state index contributed by atoms with van der Waals surface area (Å²) >= 11 is 0. The third-order valence-corrected chi connectivity index (χ3v) is 3.29. The van der Waals surface area contributed by atoms with Gasteiger partial charge in [-0.15, -0.1) is 0 Å². The summed E-state index contributed by atoms with van der Waals surface area (Å²) in [4.78, 5) is 0. The first-order valence-electron chi connectivity index (χ1n) is 7.72. The Morgan fingerprint density at radius 1 is 1.15 bits per heavy atom. The summed E-state index contributed by atoms with van der Waals surface area (Å²) in [6.45, 7) is 1.74. The van der Waals surface area contributed by atoms with Gasteiger partial charge in [-0.2, -0.15) is 18.2 Å². The summed E-state index contributed by atoms with van der Waals surface area (Å²) in [5.74, 6) is -0.473. The molecule has 0 fully saturated rings. The fraction of sp³-hybridized carbons (Fsp3) is 0.0500. The third-order valence-electron chi connectivity index (χ3n) is 3.29. The van der Waals surface area contributed by atoms with E-state index >= 15 is 0 Å². The Kier molecular flexibility index (Phi) is 9.35. The van der Waals surface area contributed by atoms with Crippen molar-refractivity contribution in [2.45, 2.75) is 6.92 Å². The topological polar surface area (TPSA) is 32.3 Å². The van der Waals surface area contributed by atoms with Gasteiger partial charge in [-0.25, -0.2) is 20.8 Å². The average Bonchev–Trinajstić information content (AvgIpc) is 3.28. The maximum Gasteiger partial charge on any atom is 2.00 e. The van der Waals surface area contributed by atoms with Gasteiger partial charge in [0, 0.05) is 5.56 Å². The van der Waals surface area contributed by atoms with E-state index in [0.717, 1.165) is 11.1 Å². The number of hydrogen-bond acceptors (Lipinski definition) is 2. The molecule has 0 amide bonds. The van der Waals surface area contributed by atoms with Crippen LogP contribution < -0.4 is 9.76 Å². The molecule has 0 spiro atoms. The van der Waals surface area contributed by atoms with Crippen LogP contribution >= 0.6 is 0 Å². The van der Waals surface area contributed by atoms with Gasteiger partial charge >= 0.3 is 24.5 Å². The van der Waals surface area contributed by atoms with E-state index in [4.69, 9.17) is 0 Å². The van der Waals surface area contributed by atoms with Crippen LogP contribution in [-0.4, -0.2) is 7.47 Å². The number of halogens is 2. The maximum atomic E-state index is 12.4. The van der Waals surface area contributed by atoms with Crippen molar-refractivity contribution in [3.63, 3.8) is 0 Å². The zero-order valence-electron chi connectivity index (χ0n) is 14.1. The Morgan fingerprint density at radius 3 is 2.35 bits per heavy atom. The molecule has 0 bridgehead atoms. The van der Waals surface area contributed by atoms with Crippen molar-refractivity contribution in [2.24, 2.45) is 0 Å². The van der Waals surface area contributed by atoms with Crippen LogP contribution in [0.3, 0.4) is 0 Å². The average molecular weight is 394 g/mol. The van der Waals surface area contributed by atoms with E-state index in [1.54, 1.807) is 19.1 Å². The van der Waals surface area contributed by atoms with Gasteiger partial charge in [0.2, 0.25) is 0 Å². The van der Waals surface area contributed by atoms with Gasteiger partial charge in [0.25, 0.3) is 0 Å². The summed E-state index contributed by atoms with van der Waals surface area (Å²) < 4.78 is 29.1. The molecule has 26 heavy (non-hydrogen) atoms. The molecule has 1 aliphatic carbocycles. The molecule has 6 heteroatoms.